The average Bonchev–Trinajstić information content (AvgIpc) is 2.16. The summed E-state index contributed by atoms with van der Waals surface area (Å²) in [4.78, 5) is 0. The molecule has 0 aromatic heterocycles. The highest BCUT2D eigenvalue weighted by molar-refractivity contribution is 7.89. The van der Waals surface area contributed by atoms with E-state index < -0.39 is 22.1 Å². The van der Waals surface area contributed by atoms with E-state index in [9.17, 15) is 21.6 Å². The van der Waals surface area contributed by atoms with Gasteiger partial charge in [0, 0.05) is 0 Å². The monoisotopic (exact) mass is 259 g/mol. The quantitative estimate of drug-likeness (QED) is 0.841. The molecular weight excluding hydrogens is 243 g/mol. The Morgan fingerprint density at radius 1 is 1.31 bits per heavy atom. The lowest BCUT2D eigenvalue weighted by Crippen LogP contribution is -2.34. The molecule has 1 saturated carbocycles. The fourth-order valence-electron chi connectivity index (χ4n) is 2.13. The SMILES string of the molecule is CNS(=O)(=O)CC1CCCC(C(F)(F)F)C1. The first-order chi connectivity index (χ1) is 7.24. The molecule has 0 amide bonds. The highest BCUT2D eigenvalue weighted by Gasteiger charge is 2.42. The van der Waals surface area contributed by atoms with E-state index in [2.05, 4.69) is 4.72 Å². The van der Waals surface area contributed by atoms with Crippen LogP contribution in [0.3, 0.4) is 0 Å². The van der Waals surface area contributed by atoms with E-state index in [1.54, 1.807) is 0 Å². The molecule has 0 radical (unpaired) electrons. The van der Waals surface area contributed by atoms with Crippen LogP contribution in [0, 0.1) is 11.8 Å². The molecule has 0 aromatic rings. The molecule has 1 rings (SSSR count). The van der Waals surface area contributed by atoms with E-state index >= 15 is 0 Å². The molecule has 1 aliphatic carbocycles. The molecule has 16 heavy (non-hydrogen) atoms. The van der Waals surface area contributed by atoms with Gasteiger partial charge in [0.2, 0.25) is 10.0 Å². The van der Waals surface area contributed by atoms with E-state index in [-0.39, 0.29) is 24.5 Å². The molecule has 1 aliphatic rings. The maximum absolute atomic E-state index is 12.5. The summed E-state index contributed by atoms with van der Waals surface area (Å²) in [6.45, 7) is 0. The minimum Gasteiger partial charge on any atom is -0.218 e. The first kappa shape index (κ1) is 13.8. The maximum atomic E-state index is 12.5. The van der Waals surface area contributed by atoms with Crippen LogP contribution in [0.25, 0.3) is 0 Å². The van der Waals surface area contributed by atoms with E-state index in [1.807, 2.05) is 0 Å². The van der Waals surface area contributed by atoms with Crippen molar-refractivity contribution in [1.29, 1.82) is 0 Å². The van der Waals surface area contributed by atoms with Gasteiger partial charge in [-0.2, -0.15) is 13.2 Å². The largest absolute Gasteiger partial charge is 0.391 e. The number of halogens is 3. The van der Waals surface area contributed by atoms with E-state index in [0.29, 0.717) is 12.8 Å². The Labute approximate surface area is 93.5 Å². The first-order valence-electron chi connectivity index (χ1n) is 5.22. The number of nitrogens with one attached hydrogen (secondary N) is 1. The smallest absolute Gasteiger partial charge is 0.218 e. The Morgan fingerprint density at radius 2 is 1.94 bits per heavy atom. The zero-order valence-corrected chi connectivity index (χ0v) is 9.87. The summed E-state index contributed by atoms with van der Waals surface area (Å²) in [7, 11) is -2.13. The van der Waals surface area contributed by atoms with Crippen LogP contribution in [0.2, 0.25) is 0 Å². The van der Waals surface area contributed by atoms with Gasteiger partial charge in [0.05, 0.1) is 11.7 Å². The van der Waals surface area contributed by atoms with Crippen molar-refractivity contribution in [3.8, 4) is 0 Å². The molecule has 0 aliphatic heterocycles. The third-order valence-electron chi connectivity index (χ3n) is 3.01. The Hall–Kier alpha value is -0.300. The molecule has 1 N–H and O–H groups in total. The highest BCUT2D eigenvalue weighted by atomic mass is 32.2. The third-order valence-corrected chi connectivity index (χ3v) is 4.54. The Balaban J connectivity index is 2.58. The van der Waals surface area contributed by atoms with Gasteiger partial charge in [-0.1, -0.05) is 6.42 Å². The lowest BCUT2D eigenvalue weighted by Gasteiger charge is -2.30. The van der Waals surface area contributed by atoms with Gasteiger partial charge in [0.25, 0.3) is 0 Å². The average molecular weight is 259 g/mol. The van der Waals surface area contributed by atoms with Crippen LogP contribution in [-0.4, -0.2) is 27.4 Å². The first-order valence-corrected chi connectivity index (χ1v) is 6.88. The van der Waals surface area contributed by atoms with Gasteiger partial charge >= 0.3 is 6.18 Å². The second-order valence-corrected chi connectivity index (χ2v) is 6.23. The molecule has 0 spiro atoms. The second-order valence-electron chi connectivity index (χ2n) is 4.26. The van der Waals surface area contributed by atoms with Crippen LogP contribution in [-0.2, 0) is 10.0 Å². The van der Waals surface area contributed by atoms with E-state index in [0.717, 1.165) is 0 Å². The van der Waals surface area contributed by atoms with Gasteiger partial charge < -0.3 is 0 Å². The topological polar surface area (TPSA) is 46.2 Å². The summed E-state index contributed by atoms with van der Waals surface area (Å²) in [5.41, 5.74) is 0. The van der Waals surface area contributed by atoms with Gasteiger partial charge in [-0.25, -0.2) is 13.1 Å². The molecule has 0 saturated heterocycles. The number of hydrogen-bond donors (Lipinski definition) is 1. The van der Waals surface area contributed by atoms with Crippen LogP contribution in [0.5, 0.6) is 0 Å². The predicted molar refractivity (Wildman–Crippen MR) is 54.3 cm³/mol. The molecule has 2 unspecified atom stereocenters. The highest BCUT2D eigenvalue weighted by Crippen LogP contribution is 2.40. The van der Waals surface area contributed by atoms with Crippen molar-refractivity contribution in [1.82, 2.24) is 4.72 Å². The van der Waals surface area contributed by atoms with Crippen LogP contribution in [0.1, 0.15) is 25.7 Å². The molecule has 0 bridgehead atoms. The number of rotatable bonds is 3. The standard InChI is InChI=1S/C9H16F3NO2S/c1-13-16(14,15)6-7-3-2-4-8(5-7)9(10,11)12/h7-8,13H,2-6H2,1H3. The van der Waals surface area contributed by atoms with Crippen LogP contribution >= 0.6 is 0 Å². The van der Waals surface area contributed by atoms with Crippen molar-refractivity contribution >= 4 is 10.0 Å². The minimum atomic E-state index is -4.19. The normalized spacial score (nSPS) is 28.0. The predicted octanol–water partition coefficient (Wildman–Crippen LogP) is 1.90. The summed E-state index contributed by atoms with van der Waals surface area (Å²) in [6.07, 6.45) is -3.12. The van der Waals surface area contributed by atoms with Crippen molar-refractivity contribution in [3.05, 3.63) is 0 Å². The van der Waals surface area contributed by atoms with Crippen molar-refractivity contribution in [2.75, 3.05) is 12.8 Å². The Bertz CT molecular complexity index is 326. The molecule has 2 atom stereocenters. The van der Waals surface area contributed by atoms with Crippen LogP contribution < -0.4 is 4.72 Å². The lowest BCUT2D eigenvalue weighted by atomic mass is 9.82. The van der Waals surface area contributed by atoms with Crippen molar-refractivity contribution < 1.29 is 21.6 Å². The number of hydrogen-bond acceptors (Lipinski definition) is 2. The van der Waals surface area contributed by atoms with Crippen molar-refractivity contribution in [2.24, 2.45) is 11.8 Å². The van der Waals surface area contributed by atoms with Gasteiger partial charge in [-0.15, -0.1) is 0 Å². The fraction of sp³-hybridized carbons (Fsp3) is 1.00. The maximum Gasteiger partial charge on any atom is 0.391 e. The molecule has 1 fully saturated rings. The Morgan fingerprint density at radius 3 is 2.44 bits per heavy atom. The lowest BCUT2D eigenvalue weighted by molar-refractivity contribution is -0.185. The van der Waals surface area contributed by atoms with Crippen molar-refractivity contribution in [2.45, 2.75) is 31.9 Å². The fourth-order valence-corrected chi connectivity index (χ4v) is 3.22. The summed E-state index contributed by atoms with van der Waals surface area (Å²) in [6, 6.07) is 0. The number of sulfonamides is 1. The molecular formula is C9H16F3NO2S. The summed E-state index contributed by atoms with van der Waals surface area (Å²) < 4.78 is 62.0. The van der Waals surface area contributed by atoms with Gasteiger partial charge in [-0.05, 0) is 32.2 Å². The van der Waals surface area contributed by atoms with Crippen molar-refractivity contribution in [3.63, 3.8) is 0 Å². The second kappa shape index (κ2) is 4.91. The molecule has 0 aromatic carbocycles. The van der Waals surface area contributed by atoms with Crippen LogP contribution in [0.4, 0.5) is 13.2 Å². The molecule has 96 valence electrons. The van der Waals surface area contributed by atoms with Crippen LogP contribution in [0.15, 0.2) is 0 Å². The summed E-state index contributed by atoms with van der Waals surface area (Å²) >= 11 is 0. The molecule has 3 nitrogen and oxygen atoms in total. The zero-order chi connectivity index (χ0) is 12.4. The summed E-state index contributed by atoms with van der Waals surface area (Å²) in [5, 5.41) is 0. The van der Waals surface area contributed by atoms with Gasteiger partial charge in [0.15, 0.2) is 0 Å². The molecule has 7 heteroatoms. The third kappa shape index (κ3) is 3.93. The van der Waals surface area contributed by atoms with E-state index in [4.69, 9.17) is 0 Å². The van der Waals surface area contributed by atoms with E-state index in [1.165, 1.54) is 7.05 Å². The minimum absolute atomic E-state index is 0.0651. The molecule has 0 heterocycles. The Kier molecular flexibility index (Phi) is 4.23. The summed E-state index contributed by atoms with van der Waals surface area (Å²) in [5.74, 6) is -1.91. The zero-order valence-electron chi connectivity index (χ0n) is 9.05. The number of alkyl halides is 3. The van der Waals surface area contributed by atoms with Gasteiger partial charge in [0.1, 0.15) is 0 Å². The van der Waals surface area contributed by atoms with Gasteiger partial charge in [-0.3, -0.25) is 0 Å².